The van der Waals surface area contributed by atoms with E-state index in [1.54, 1.807) is 4.68 Å². The zero-order valence-electron chi connectivity index (χ0n) is 15.6. The summed E-state index contributed by atoms with van der Waals surface area (Å²) in [6, 6.07) is 7.48. The number of carbonyl (C=O) groups excluding carboxylic acids is 1. The van der Waals surface area contributed by atoms with Gasteiger partial charge in [-0.3, -0.25) is 9.48 Å². The average molecular weight is 365 g/mol. The summed E-state index contributed by atoms with van der Waals surface area (Å²) < 4.78 is 1.76. The Bertz CT molecular complexity index is 972. The number of hydrogen-bond acceptors (Lipinski definition) is 6. The van der Waals surface area contributed by atoms with Crippen LogP contribution in [0, 0.1) is 6.92 Å². The number of nitrogen functional groups attached to an aromatic ring is 1. The first kappa shape index (κ1) is 17.3. The Hall–Kier alpha value is -3.16. The molecule has 2 N–H and O–H groups in total. The second-order valence-electron chi connectivity index (χ2n) is 6.89. The number of amides is 1. The molecular weight excluding hydrogens is 342 g/mol. The zero-order chi connectivity index (χ0) is 19.0. The molecule has 140 valence electrons. The van der Waals surface area contributed by atoms with Gasteiger partial charge >= 0.3 is 0 Å². The van der Waals surface area contributed by atoms with E-state index in [1.807, 2.05) is 49.3 Å². The smallest absolute Gasteiger partial charge is 0.227 e. The van der Waals surface area contributed by atoms with Crippen LogP contribution in [0.3, 0.4) is 0 Å². The summed E-state index contributed by atoms with van der Waals surface area (Å²) in [7, 11) is 1.88. The van der Waals surface area contributed by atoms with E-state index in [9.17, 15) is 4.79 Å². The predicted octanol–water partition coefficient (Wildman–Crippen LogP) is 1.15. The molecule has 0 spiro atoms. The van der Waals surface area contributed by atoms with Crippen LogP contribution in [0.15, 0.2) is 30.5 Å². The van der Waals surface area contributed by atoms with E-state index >= 15 is 0 Å². The van der Waals surface area contributed by atoms with Crippen LogP contribution in [-0.4, -0.2) is 56.7 Å². The number of benzene rings is 1. The molecule has 3 aromatic rings. The predicted molar refractivity (Wildman–Crippen MR) is 104 cm³/mol. The van der Waals surface area contributed by atoms with Gasteiger partial charge in [0.1, 0.15) is 11.6 Å². The van der Waals surface area contributed by atoms with Gasteiger partial charge in [-0.1, -0.05) is 12.1 Å². The standard InChI is InChI=1S/C19H23N7O/c1-13-22-18-16(12-21-24(18)2)19(23-13)26-9-7-25(8-10-26)17(27)11-14-3-5-15(20)6-4-14/h3-6,12H,7-11,20H2,1-2H3. The van der Waals surface area contributed by atoms with Crippen LogP contribution in [0.1, 0.15) is 11.4 Å². The first-order valence-corrected chi connectivity index (χ1v) is 9.05. The number of carbonyl (C=O) groups is 1. The molecule has 8 nitrogen and oxygen atoms in total. The molecule has 0 unspecified atom stereocenters. The van der Waals surface area contributed by atoms with E-state index in [1.165, 1.54) is 0 Å². The molecule has 1 aromatic carbocycles. The third-order valence-electron chi connectivity index (χ3n) is 4.95. The molecular formula is C19H23N7O. The van der Waals surface area contributed by atoms with Gasteiger partial charge in [-0.25, -0.2) is 9.97 Å². The monoisotopic (exact) mass is 365 g/mol. The molecule has 0 bridgehead atoms. The van der Waals surface area contributed by atoms with Gasteiger partial charge in [-0.15, -0.1) is 0 Å². The van der Waals surface area contributed by atoms with E-state index in [0.29, 0.717) is 25.2 Å². The number of aromatic nitrogens is 4. The van der Waals surface area contributed by atoms with E-state index in [2.05, 4.69) is 20.0 Å². The van der Waals surface area contributed by atoms with Crippen molar-refractivity contribution < 1.29 is 4.79 Å². The Morgan fingerprint density at radius 3 is 2.52 bits per heavy atom. The van der Waals surface area contributed by atoms with E-state index in [4.69, 9.17) is 5.73 Å². The summed E-state index contributed by atoms with van der Waals surface area (Å²) in [6.07, 6.45) is 2.21. The maximum Gasteiger partial charge on any atom is 0.227 e. The molecule has 1 fully saturated rings. The number of aryl methyl sites for hydroxylation is 2. The Labute approximate surface area is 157 Å². The fraction of sp³-hybridized carbons (Fsp3) is 0.368. The molecule has 27 heavy (non-hydrogen) atoms. The van der Waals surface area contributed by atoms with Gasteiger partial charge in [-0.2, -0.15) is 5.10 Å². The van der Waals surface area contributed by atoms with E-state index in [-0.39, 0.29) is 5.91 Å². The molecule has 0 saturated carbocycles. The number of hydrogen-bond donors (Lipinski definition) is 1. The molecule has 4 rings (SSSR count). The second kappa shape index (κ2) is 6.86. The van der Waals surface area contributed by atoms with Gasteiger partial charge in [0.2, 0.25) is 5.91 Å². The normalized spacial score (nSPS) is 14.7. The van der Waals surface area contributed by atoms with Gasteiger partial charge < -0.3 is 15.5 Å². The summed E-state index contributed by atoms with van der Waals surface area (Å²) in [6.45, 7) is 4.74. The topological polar surface area (TPSA) is 93.2 Å². The maximum atomic E-state index is 12.6. The number of fused-ring (bicyclic) bond motifs is 1. The van der Waals surface area contributed by atoms with Gasteiger partial charge in [-0.05, 0) is 24.6 Å². The van der Waals surface area contributed by atoms with Crippen LogP contribution in [-0.2, 0) is 18.3 Å². The third kappa shape index (κ3) is 3.42. The van der Waals surface area contributed by atoms with Crippen molar-refractivity contribution in [1.29, 1.82) is 0 Å². The summed E-state index contributed by atoms with van der Waals surface area (Å²) in [5.74, 6) is 1.77. The fourth-order valence-corrected chi connectivity index (χ4v) is 3.44. The number of nitrogens with zero attached hydrogens (tertiary/aromatic N) is 6. The molecule has 2 aromatic heterocycles. The summed E-state index contributed by atoms with van der Waals surface area (Å²) in [5, 5.41) is 5.25. The lowest BCUT2D eigenvalue weighted by molar-refractivity contribution is -0.130. The van der Waals surface area contributed by atoms with Crippen molar-refractivity contribution in [3.05, 3.63) is 41.9 Å². The van der Waals surface area contributed by atoms with Crippen LogP contribution in [0.25, 0.3) is 11.0 Å². The highest BCUT2D eigenvalue weighted by Gasteiger charge is 2.24. The number of anilines is 2. The number of nitrogens with two attached hydrogens (primary N) is 1. The van der Waals surface area contributed by atoms with Crippen molar-refractivity contribution in [3.63, 3.8) is 0 Å². The SMILES string of the molecule is Cc1nc(N2CCN(C(=O)Cc3ccc(N)cc3)CC2)c2cnn(C)c2n1. The number of rotatable bonds is 3. The molecule has 3 heterocycles. The van der Waals surface area contributed by atoms with Gasteiger partial charge in [0.15, 0.2) is 5.65 Å². The Morgan fingerprint density at radius 2 is 1.81 bits per heavy atom. The van der Waals surface area contributed by atoms with Crippen molar-refractivity contribution >= 4 is 28.4 Å². The fourth-order valence-electron chi connectivity index (χ4n) is 3.44. The minimum Gasteiger partial charge on any atom is -0.399 e. The first-order valence-electron chi connectivity index (χ1n) is 9.05. The first-order chi connectivity index (χ1) is 13.0. The molecule has 0 atom stereocenters. The highest BCUT2D eigenvalue weighted by molar-refractivity contribution is 5.87. The molecule has 1 saturated heterocycles. The molecule has 1 amide bonds. The minimum atomic E-state index is 0.143. The highest BCUT2D eigenvalue weighted by atomic mass is 16.2. The lowest BCUT2D eigenvalue weighted by Crippen LogP contribution is -2.49. The molecule has 0 radical (unpaired) electrons. The van der Waals surface area contributed by atoms with Crippen molar-refractivity contribution in [3.8, 4) is 0 Å². The lowest BCUT2D eigenvalue weighted by atomic mass is 10.1. The van der Waals surface area contributed by atoms with Crippen LogP contribution >= 0.6 is 0 Å². The Morgan fingerprint density at radius 1 is 1.11 bits per heavy atom. The summed E-state index contributed by atoms with van der Waals surface area (Å²) in [5.41, 5.74) is 8.23. The molecule has 0 aliphatic carbocycles. The Kier molecular flexibility index (Phi) is 4.39. The molecule has 8 heteroatoms. The van der Waals surface area contributed by atoms with Crippen LogP contribution in [0.4, 0.5) is 11.5 Å². The Balaban J connectivity index is 1.44. The van der Waals surface area contributed by atoms with Gasteiger partial charge in [0.25, 0.3) is 0 Å². The highest BCUT2D eigenvalue weighted by Crippen LogP contribution is 2.24. The minimum absolute atomic E-state index is 0.143. The quantitative estimate of drug-likeness (QED) is 0.700. The van der Waals surface area contributed by atoms with E-state index in [0.717, 1.165) is 41.3 Å². The lowest BCUT2D eigenvalue weighted by Gasteiger charge is -2.35. The average Bonchev–Trinajstić information content (AvgIpc) is 3.04. The van der Waals surface area contributed by atoms with Crippen LogP contribution in [0.5, 0.6) is 0 Å². The molecule has 1 aliphatic heterocycles. The zero-order valence-corrected chi connectivity index (χ0v) is 15.6. The van der Waals surface area contributed by atoms with Crippen LogP contribution in [0.2, 0.25) is 0 Å². The number of piperazine rings is 1. The van der Waals surface area contributed by atoms with Crippen molar-refractivity contribution in [2.75, 3.05) is 36.8 Å². The van der Waals surface area contributed by atoms with Crippen molar-refractivity contribution in [2.45, 2.75) is 13.3 Å². The van der Waals surface area contributed by atoms with Crippen LogP contribution < -0.4 is 10.6 Å². The summed E-state index contributed by atoms with van der Waals surface area (Å²) in [4.78, 5) is 25.8. The largest absolute Gasteiger partial charge is 0.399 e. The summed E-state index contributed by atoms with van der Waals surface area (Å²) >= 11 is 0. The third-order valence-corrected chi connectivity index (χ3v) is 4.95. The second-order valence-corrected chi connectivity index (χ2v) is 6.89. The molecule has 1 aliphatic rings. The van der Waals surface area contributed by atoms with Crippen molar-refractivity contribution in [1.82, 2.24) is 24.6 Å². The van der Waals surface area contributed by atoms with Gasteiger partial charge in [0, 0.05) is 38.9 Å². The van der Waals surface area contributed by atoms with Gasteiger partial charge in [0.05, 0.1) is 18.0 Å². The maximum absolute atomic E-state index is 12.6. The van der Waals surface area contributed by atoms with E-state index < -0.39 is 0 Å². The van der Waals surface area contributed by atoms with Crippen molar-refractivity contribution in [2.24, 2.45) is 7.05 Å².